The number of hydrogen-bond acceptors (Lipinski definition) is 5. The van der Waals surface area contributed by atoms with E-state index in [1.807, 2.05) is 0 Å². The molecule has 1 fully saturated rings. The first-order valence-corrected chi connectivity index (χ1v) is 10.7. The Morgan fingerprint density at radius 3 is 2.05 bits per heavy atom. The highest BCUT2D eigenvalue weighted by atomic mass is 127. The van der Waals surface area contributed by atoms with Crippen molar-refractivity contribution in [2.45, 2.75) is 67.4 Å². The number of rotatable bonds is 6. The molecule has 5 unspecified atom stereocenters. The first-order chi connectivity index (χ1) is 8.94. The Bertz CT molecular complexity index is 267. The third-order valence-electron chi connectivity index (χ3n) is 4.11. The number of hydrogen-bond donors (Lipinski definition) is 3. The summed E-state index contributed by atoms with van der Waals surface area (Å²) in [4.78, 5) is 0. The van der Waals surface area contributed by atoms with Crippen molar-refractivity contribution in [3.8, 4) is 0 Å². The van der Waals surface area contributed by atoms with Gasteiger partial charge in [0, 0.05) is 0 Å². The highest BCUT2D eigenvalue weighted by molar-refractivity contribution is 14.1. The number of aliphatic hydroxyl groups excluding tert-OH is 3. The summed E-state index contributed by atoms with van der Waals surface area (Å²) in [5.74, 6) is 0. The Morgan fingerprint density at radius 2 is 1.63 bits per heavy atom. The van der Waals surface area contributed by atoms with Crippen LogP contribution in [0.2, 0.25) is 18.1 Å². The molecule has 0 aromatic heterocycles. The fourth-order valence-electron chi connectivity index (χ4n) is 2.39. The summed E-state index contributed by atoms with van der Waals surface area (Å²) >= 11 is 2.06. The van der Waals surface area contributed by atoms with Crippen molar-refractivity contribution in [2.24, 2.45) is 0 Å². The molecule has 0 aromatic carbocycles. The summed E-state index contributed by atoms with van der Waals surface area (Å²) in [5.41, 5.74) is 0. The third-order valence-corrected chi connectivity index (χ3v) is 10.0. The number of ether oxygens (including phenoxy) is 1. The first-order valence-electron chi connectivity index (χ1n) is 6.89. The van der Waals surface area contributed by atoms with Crippen molar-refractivity contribution in [2.75, 3.05) is 6.61 Å². The molecular weight excluding hydrogens is 379 g/mol. The van der Waals surface area contributed by atoms with E-state index in [-0.39, 0.29) is 10.5 Å². The SMILES string of the molecule is CC[Si](CC)(CC)OC1OC(CO)C(O)C(O)C1I. The number of halogens is 1. The van der Waals surface area contributed by atoms with E-state index in [0.29, 0.717) is 0 Å². The second-order valence-electron chi connectivity index (χ2n) is 5.01. The summed E-state index contributed by atoms with van der Waals surface area (Å²) in [6, 6.07) is 2.98. The average molecular weight is 404 g/mol. The molecule has 1 rings (SSSR count). The Labute approximate surface area is 129 Å². The van der Waals surface area contributed by atoms with Crippen molar-refractivity contribution in [1.82, 2.24) is 0 Å². The Hall–Kier alpha value is 0.747. The Kier molecular flexibility index (Phi) is 7.18. The van der Waals surface area contributed by atoms with E-state index in [2.05, 4.69) is 43.4 Å². The predicted octanol–water partition coefficient (Wildman–Crippen LogP) is 1.25. The molecule has 1 aliphatic heterocycles. The van der Waals surface area contributed by atoms with Crippen molar-refractivity contribution in [3.05, 3.63) is 0 Å². The normalized spacial score (nSPS) is 36.5. The topological polar surface area (TPSA) is 79.2 Å². The predicted molar refractivity (Wildman–Crippen MR) is 83.9 cm³/mol. The van der Waals surface area contributed by atoms with Crippen LogP contribution in [-0.2, 0) is 9.16 Å². The van der Waals surface area contributed by atoms with E-state index in [1.54, 1.807) is 0 Å². The largest absolute Gasteiger partial charge is 0.394 e. The van der Waals surface area contributed by atoms with Gasteiger partial charge in [-0.1, -0.05) is 43.4 Å². The molecule has 0 bridgehead atoms. The van der Waals surface area contributed by atoms with Crippen LogP contribution < -0.4 is 0 Å². The van der Waals surface area contributed by atoms with Gasteiger partial charge in [-0.25, -0.2) is 0 Å². The van der Waals surface area contributed by atoms with Crippen LogP contribution in [0.15, 0.2) is 0 Å². The van der Waals surface area contributed by atoms with Gasteiger partial charge >= 0.3 is 0 Å². The molecule has 0 spiro atoms. The summed E-state index contributed by atoms with van der Waals surface area (Å²) in [5, 5.41) is 29.0. The maximum absolute atomic E-state index is 10.0. The molecule has 5 nitrogen and oxygen atoms in total. The smallest absolute Gasteiger partial charge is 0.195 e. The minimum atomic E-state index is -1.84. The van der Waals surface area contributed by atoms with Gasteiger partial charge in [0.2, 0.25) is 0 Å². The molecule has 0 radical (unpaired) electrons. The fraction of sp³-hybridized carbons (Fsp3) is 1.00. The van der Waals surface area contributed by atoms with Gasteiger partial charge in [0.05, 0.1) is 16.6 Å². The van der Waals surface area contributed by atoms with E-state index >= 15 is 0 Å². The monoisotopic (exact) mass is 404 g/mol. The highest BCUT2D eigenvalue weighted by Crippen LogP contribution is 2.32. The van der Waals surface area contributed by atoms with Crippen LogP contribution in [0.4, 0.5) is 0 Å². The maximum Gasteiger partial charge on any atom is 0.195 e. The quantitative estimate of drug-likeness (QED) is 0.353. The summed E-state index contributed by atoms with van der Waals surface area (Å²) < 4.78 is 11.5. The number of alkyl halides is 1. The molecular formula is C12H25IO5Si. The van der Waals surface area contributed by atoms with Crippen molar-refractivity contribution in [3.63, 3.8) is 0 Å². The minimum absolute atomic E-state index is 0.319. The lowest BCUT2D eigenvalue weighted by Crippen LogP contribution is -2.59. The van der Waals surface area contributed by atoms with Gasteiger partial charge in [-0.05, 0) is 18.1 Å². The Morgan fingerprint density at radius 1 is 1.11 bits per heavy atom. The Balaban J connectivity index is 2.81. The average Bonchev–Trinajstić information content (AvgIpc) is 2.45. The first kappa shape index (κ1) is 17.8. The lowest BCUT2D eigenvalue weighted by Gasteiger charge is -2.43. The van der Waals surface area contributed by atoms with Crippen molar-refractivity contribution in [1.29, 1.82) is 0 Å². The molecule has 0 aliphatic carbocycles. The van der Waals surface area contributed by atoms with E-state index < -0.39 is 32.9 Å². The van der Waals surface area contributed by atoms with Crippen LogP contribution in [0.25, 0.3) is 0 Å². The second-order valence-corrected chi connectivity index (χ2v) is 11.2. The van der Waals surface area contributed by atoms with E-state index in [4.69, 9.17) is 9.16 Å². The van der Waals surface area contributed by atoms with E-state index in [0.717, 1.165) is 18.1 Å². The van der Waals surface area contributed by atoms with Crippen LogP contribution in [0.1, 0.15) is 20.8 Å². The van der Waals surface area contributed by atoms with E-state index in [1.165, 1.54) is 0 Å². The fourth-order valence-corrected chi connectivity index (χ4v) is 6.10. The number of aliphatic hydroxyl groups is 3. The van der Waals surface area contributed by atoms with Gasteiger partial charge in [-0.2, -0.15) is 0 Å². The molecule has 7 heteroatoms. The lowest BCUT2D eigenvalue weighted by molar-refractivity contribution is -0.225. The minimum Gasteiger partial charge on any atom is -0.394 e. The van der Waals surface area contributed by atoms with Crippen LogP contribution in [0.5, 0.6) is 0 Å². The molecule has 114 valence electrons. The van der Waals surface area contributed by atoms with Crippen LogP contribution in [0.3, 0.4) is 0 Å². The van der Waals surface area contributed by atoms with Gasteiger partial charge < -0.3 is 24.5 Å². The molecule has 0 amide bonds. The van der Waals surface area contributed by atoms with Gasteiger partial charge in [-0.15, -0.1) is 0 Å². The van der Waals surface area contributed by atoms with Crippen LogP contribution >= 0.6 is 22.6 Å². The zero-order valence-electron chi connectivity index (χ0n) is 11.8. The molecule has 5 atom stereocenters. The molecule has 1 heterocycles. The maximum atomic E-state index is 10.0. The van der Waals surface area contributed by atoms with Crippen molar-refractivity contribution >= 4 is 30.9 Å². The summed E-state index contributed by atoms with van der Waals surface area (Å²) in [7, 11) is -1.84. The lowest BCUT2D eigenvalue weighted by atomic mass is 10.0. The van der Waals surface area contributed by atoms with Gasteiger partial charge in [0.25, 0.3) is 0 Å². The third kappa shape index (κ3) is 3.89. The van der Waals surface area contributed by atoms with Crippen LogP contribution in [-0.4, -0.2) is 58.8 Å². The van der Waals surface area contributed by atoms with Gasteiger partial charge in [0.1, 0.15) is 12.2 Å². The molecule has 0 aromatic rings. The standard InChI is InChI=1S/C12H25IO5Si/c1-4-19(5-2,6-3)18-12-9(13)11(16)10(15)8(7-14)17-12/h8-12,14-16H,4-7H2,1-3H3. The molecule has 3 N–H and O–H groups in total. The summed E-state index contributed by atoms with van der Waals surface area (Å²) in [6.45, 7) is 6.05. The molecule has 19 heavy (non-hydrogen) atoms. The molecule has 1 saturated heterocycles. The van der Waals surface area contributed by atoms with Crippen molar-refractivity contribution < 1.29 is 24.5 Å². The zero-order chi connectivity index (χ0) is 14.6. The molecule has 1 aliphatic rings. The second kappa shape index (κ2) is 7.67. The van der Waals surface area contributed by atoms with Gasteiger partial charge in [0.15, 0.2) is 14.6 Å². The summed E-state index contributed by atoms with van der Waals surface area (Å²) in [6.07, 6.45) is -3.33. The zero-order valence-corrected chi connectivity index (χ0v) is 14.9. The van der Waals surface area contributed by atoms with E-state index in [9.17, 15) is 15.3 Å². The van der Waals surface area contributed by atoms with Gasteiger partial charge in [-0.3, -0.25) is 0 Å². The highest BCUT2D eigenvalue weighted by Gasteiger charge is 2.46. The van der Waals surface area contributed by atoms with Crippen LogP contribution in [0, 0.1) is 0 Å². The molecule has 0 saturated carbocycles.